The van der Waals surface area contributed by atoms with Crippen molar-refractivity contribution >= 4 is 21.1 Å². The fourth-order valence-corrected chi connectivity index (χ4v) is 3.01. The molecule has 0 atom stereocenters. The van der Waals surface area contributed by atoms with Crippen molar-refractivity contribution in [2.45, 2.75) is 0 Å². The Morgan fingerprint density at radius 2 is 1.67 bits per heavy atom. The second-order valence-corrected chi connectivity index (χ2v) is 4.77. The molecule has 0 saturated carbocycles. The van der Waals surface area contributed by atoms with Gasteiger partial charge in [-0.1, -0.05) is 12.1 Å². The molecule has 3 heterocycles. The van der Waals surface area contributed by atoms with Crippen LogP contribution < -0.4 is 11.2 Å². The zero-order chi connectivity index (χ0) is 10.8. The van der Waals surface area contributed by atoms with Crippen LogP contribution in [0.1, 0.15) is 0 Å². The van der Waals surface area contributed by atoms with Crippen LogP contribution in [0.4, 0.5) is 0 Å². The van der Waals surface area contributed by atoms with Crippen molar-refractivity contribution in [3.8, 4) is 0 Å². The highest BCUT2D eigenvalue weighted by Gasteiger charge is 2.37. The molecule has 7 heteroatoms. The average Bonchev–Trinajstić information content (AvgIpc) is 2.17. The predicted molar refractivity (Wildman–Crippen MR) is 52.2 cm³/mol. The van der Waals surface area contributed by atoms with Gasteiger partial charge in [-0.15, -0.1) is 3.97 Å². The molecule has 0 unspecified atom stereocenters. The van der Waals surface area contributed by atoms with Crippen molar-refractivity contribution in [2.75, 3.05) is 0 Å². The van der Waals surface area contributed by atoms with Gasteiger partial charge in [0.1, 0.15) is 0 Å². The summed E-state index contributed by atoms with van der Waals surface area (Å²) in [6.07, 6.45) is 0. The highest BCUT2D eigenvalue weighted by atomic mass is 32.2. The molecule has 0 radical (unpaired) electrons. The number of hydrogen-bond acceptors (Lipinski definition) is 4. The van der Waals surface area contributed by atoms with E-state index in [2.05, 4.69) is 0 Å². The van der Waals surface area contributed by atoms with Crippen LogP contribution in [0, 0.1) is 0 Å². The molecule has 0 N–H and O–H groups in total. The SMILES string of the molecule is O=c1c2ccccc2n2c(=O)n1S2(=O)=O. The number of nitrogens with zero attached hydrogens (tertiary/aromatic N) is 2. The maximum absolute atomic E-state index is 11.6. The molecule has 15 heavy (non-hydrogen) atoms. The standard InChI is InChI=1S/C8H4N2O4S/c11-7-5-3-1-2-4-6(5)9-8(12)10(7)15(9,13)14/h1-4H. The first-order chi connectivity index (χ1) is 7.05. The lowest BCUT2D eigenvalue weighted by Gasteiger charge is -2.20. The Hall–Kier alpha value is -1.89. The van der Waals surface area contributed by atoms with Crippen LogP contribution >= 0.6 is 0 Å². The first kappa shape index (κ1) is 8.42. The lowest BCUT2D eigenvalue weighted by molar-refractivity contribution is 0.551. The van der Waals surface area contributed by atoms with Gasteiger partial charge in [-0.05, 0) is 12.1 Å². The van der Waals surface area contributed by atoms with Gasteiger partial charge in [-0.2, -0.15) is 12.4 Å². The minimum Gasteiger partial charge on any atom is -0.267 e. The molecule has 2 aliphatic rings. The molecule has 6 nitrogen and oxygen atoms in total. The van der Waals surface area contributed by atoms with E-state index in [9.17, 15) is 18.0 Å². The van der Waals surface area contributed by atoms with Crippen LogP contribution in [0.15, 0.2) is 33.9 Å². The Morgan fingerprint density at radius 1 is 1.00 bits per heavy atom. The van der Waals surface area contributed by atoms with Gasteiger partial charge >= 0.3 is 15.9 Å². The van der Waals surface area contributed by atoms with Crippen LogP contribution in [0.5, 0.6) is 0 Å². The maximum Gasteiger partial charge on any atom is 0.362 e. The quantitative estimate of drug-likeness (QED) is 0.496. The number of para-hydroxylation sites is 1. The Morgan fingerprint density at radius 3 is 2.33 bits per heavy atom. The Kier molecular flexibility index (Phi) is 1.23. The van der Waals surface area contributed by atoms with E-state index in [0.29, 0.717) is 3.97 Å². The molecule has 2 bridgehead atoms. The highest BCUT2D eigenvalue weighted by Crippen LogP contribution is 2.15. The van der Waals surface area contributed by atoms with Crippen LogP contribution in [0.2, 0.25) is 0 Å². The van der Waals surface area contributed by atoms with Crippen LogP contribution in [0.3, 0.4) is 0 Å². The summed E-state index contributed by atoms with van der Waals surface area (Å²) in [5.74, 6) is 0. The Bertz CT molecular complexity index is 813. The van der Waals surface area contributed by atoms with E-state index in [-0.39, 0.29) is 14.9 Å². The molecule has 0 saturated heterocycles. The average molecular weight is 224 g/mol. The monoisotopic (exact) mass is 224 g/mol. The zero-order valence-corrected chi connectivity index (χ0v) is 8.06. The molecule has 4 rings (SSSR count). The third-order valence-corrected chi connectivity index (χ3v) is 3.94. The van der Waals surface area contributed by atoms with Gasteiger partial charge in [-0.25, -0.2) is 4.79 Å². The van der Waals surface area contributed by atoms with E-state index < -0.39 is 21.5 Å². The summed E-state index contributed by atoms with van der Waals surface area (Å²) in [4.78, 5) is 22.9. The van der Waals surface area contributed by atoms with Gasteiger partial charge in [-0.3, -0.25) is 4.79 Å². The van der Waals surface area contributed by atoms with Gasteiger partial charge in [0.15, 0.2) is 0 Å². The topological polar surface area (TPSA) is 78.1 Å². The number of aromatic nitrogens is 2. The minimum atomic E-state index is -3.91. The maximum atomic E-state index is 11.6. The molecular formula is C8H4N2O4S. The predicted octanol–water partition coefficient (Wildman–Crippen LogP) is -0.882. The lowest BCUT2D eigenvalue weighted by Crippen LogP contribution is -2.58. The summed E-state index contributed by atoms with van der Waals surface area (Å²) in [6.45, 7) is 0. The van der Waals surface area contributed by atoms with Crippen molar-refractivity contribution in [1.82, 2.24) is 7.94 Å². The summed E-state index contributed by atoms with van der Waals surface area (Å²) in [6, 6.07) is 6.10. The van der Waals surface area contributed by atoms with Crippen molar-refractivity contribution in [1.29, 1.82) is 0 Å². The molecule has 2 aromatic rings. The summed E-state index contributed by atoms with van der Waals surface area (Å²) in [5, 5.41) is 0.229. The first-order valence-corrected chi connectivity index (χ1v) is 5.48. The number of benzene rings is 1. The third-order valence-electron chi connectivity index (χ3n) is 2.35. The smallest absolute Gasteiger partial charge is 0.267 e. The van der Waals surface area contributed by atoms with Crippen molar-refractivity contribution in [2.24, 2.45) is 0 Å². The molecular weight excluding hydrogens is 220 g/mol. The summed E-state index contributed by atoms with van der Waals surface area (Å²) < 4.78 is 23.8. The lowest BCUT2D eigenvalue weighted by atomic mass is 10.2. The van der Waals surface area contributed by atoms with Gasteiger partial charge in [0, 0.05) is 0 Å². The largest absolute Gasteiger partial charge is 0.362 e. The second-order valence-electron chi connectivity index (χ2n) is 3.14. The van der Waals surface area contributed by atoms with E-state index in [1.54, 1.807) is 12.1 Å². The van der Waals surface area contributed by atoms with Crippen molar-refractivity contribution in [3.05, 3.63) is 45.1 Å². The van der Waals surface area contributed by atoms with Gasteiger partial charge in [0.25, 0.3) is 5.56 Å². The van der Waals surface area contributed by atoms with Gasteiger partial charge < -0.3 is 0 Å². The first-order valence-electron chi connectivity index (χ1n) is 4.08. The van der Waals surface area contributed by atoms with Crippen LogP contribution in [-0.2, 0) is 10.2 Å². The fourth-order valence-electron chi connectivity index (χ4n) is 1.69. The fraction of sp³-hybridized carbons (Fsp3) is 0. The number of hydrogen-bond donors (Lipinski definition) is 0. The molecule has 0 spiro atoms. The molecule has 1 aromatic carbocycles. The molecule has 1 aromatic heterocycles. The summed E-state index contributed by atoms with van der Waals surface area (Å²) >= 11 is 0. The van der Waals surface area contributed by atoms with E-state index in [0.717, 1.165) is 0 Å². The van der Waals surface area contributed by atoms with Crippen LogP contribution in [-0.4, -0.2) is 16.4 Å². The van der Waals surface area contributed by atoms with E-state index in [4.69, 9.17) is 0 Å². The molecule has 0 aliphatic carbocycles. The Balaban J connectivity index is 2.82. The van der Waals surface area contributed by atoms with Crippen molar-refractivity contribution < 1.29 is 8.42 Å². The molecule has 2 aliphatic heterocycles. The third kappa shape index (κ3) is 0.732. The minimum absolute atomic E-state index is 0.134. The van der Waals surface area contributed by atoms with E-state index in [1.165, 1.54) is 12.1 Å². The summed E-state index contributed by atoms with van der Waals surface area (Å²) in [7, 11) is -3.91. The number of rotatable bonds is 0. The Labute approximate surface area is 83.2 Å². The van der Waals surface area contributed by atoms with Crippen LogP contribution in [0.25, 0.3) is 10.9 Å². The van der Waals surface area contributed by atoms with Gasteiger partial charge in [0.05, 0.1) is 10.9 Å². The zero-order valence-electron chi connectivity index (χ0n) is 7.25. The van der Waals surface area contributed by atoms with E-state index in [1.807, 2.05) is 0 Å². The molecule has 0 amide bonds. The molecule has 76 valence electrons. The summed E-state index contributed by atoms with van der Waals surface area (Å²) in [5.41, 5.74) is -1.45. The second kappa shape index (κ2) is 2.19. The normalized spacial score (nSPS) is 16.3. The van der Waals surface area contributed by atoms with Crippen molar-refractivity contribution in [3.63, 3.8) is 0 Å². The molecule has 0 fully saturated rings. The van der Waals surface area contributed by atoms with Gasteiger partial charge in [0.2, 0.25) is 0 Å². The highest BCUT2D eigenvalue weighted by molar-refractivity contribution is 7.89. The van der Waals surface area contributed by atoms with E-state index >= 15 is 0 Å².